The van der Waals surface area contributed by atoms with Crippen molar-refractivity contribution in [3.05, 3.63) is 29.3 Å². The topological polar surface area (TPSA) is 49.3 Å². The number of phenolic OH excluding ortho intramolecular Hbond substituents is 1. The van der Waals surface area contributed by atoms with E-state index in [4.69, 9.17) is 0 Å². The minimum atomic E-state index is -0.146. The summed E-state index contributed by atoms with van der Waals surface area (Å²) in [6.07, 6.45) is 0. The summed E-state index contributed by atoms with van der Waals surface area (Å²) in [5.74, 6) is 0.00447. The fourth-order valence-corrected chi connectivity index (χ4v) is 1.53. The maximum Gasteiger partial charge on any atom is 0.251 e. The van der Waals surface area contributed by atoms with Crippen molar-refractivity contribution in [2.45, 2.75) is 20.8 Å². The van der Waals surface area contributed by atoms with Crippen LogP contribution in [0.1, 0.15) is 29.8 Å². The Bertz CT molecular complexity index is 416. The smallest absolute Gasteiger partial charge is 0.251 e. The second kappa shape index (κ2) is 5.54. The van der Waals surface area contributed by atoms with E-state index in [9.17, 15) is 9.90 Å². The molecule has 0 saturated carbocycles. The third-order valence-corrected chi connectivity index (χ3v) is 4.16. The quantitative estimate of drug-likeness (QED) is 0.840. The first-order chi connectivity index (χ1) is 7.87. The van der Waals surface area contributed by atoms with E-state index in [-0.39, 0.29) is 17.1 Å². The normalized spacial score (nSPS) is 11.3. The van der Waals surface area contributed by atoms with Crippen LogP contribution in [0.15, 0.2) is 18.2 Å². The van der Waals surface area contributed by atoms with E-state index in [0.29, 0.717) is 17.7 Å². The van der Waals surface area contributed by atoms with Crippen LogP contribution in [-0.4, -0.2) is 22.9 Å². The number of hydrogen-bond donors (Lipinski definition) is 2. The molecule has 1 aromatic carbocycles. The molecule has 2 N–H and O–H groups in total. The van der Waals surface area contributed by atoms with Gasteiger partial charge in [0.05, 0.1) is 0 Å². The second-order valence-electron chi connectivity index (χ2n) is 4.93. The third kappa shape index (κ3) is 3.73. The number of amides is 1. The Balaban J connectivity index is 2.74. The Hall–Kier alpha value is -1.03. The second-order valence-corrected chi connectivity index (χ2v) is 5.49. The van der Waals surface area contributed by atoms with Crippen LogP contribution in [-0.2, 0) is 0 Å². The van der Waals surface area contributed by atoms with Gasteiger partial charge in [0.25, 0.3) is 5.91 Å². The Kier molecular flexibility index (Phi) is 4.57. The van der Waals surface area contributed by atoms with Gasteiger partial charge in [0, 0.05) is 23.0 Å². The van der Waals surface area contributed by atoms with E-state index in [1.54, 1.807) is 25.1 Å². The van der Waals surface area contributed by atoms with E-state index in [1.165, 1.54) is 0 Å². The number of rotatable bonds is 4. The van der Waals surface area contributed by atoms with Gasteiger partial charge in [-0.2, -0.15) is 0 Å². The molecule has 0 fully saturated rings. The molecule has 0 atom stereocenters. The molecule has 0 aliphatic carbocycles. The number of nitrogens with one attached hydrogen (secondary N) is 1. The zero-order valence-electron chi connectivity index (χ0n) is 10.4. The number of alkyl halides is 1. The molecule has 0 unspecified atom stereocenters. The zero-order valence-corrected chi connectivity index (χ0v) is 12.0. The number of aromatic hydroxyl groups is 1. The van der Waals surface area contributed by atoms with Gasteiger partial charge in [-0.1, -0.05) is 35.8 Å². The van der Waals surface area contributed by atoms with Crippen molar-refractivity contribution in [2.24, 2.45) is 5.41 Å². The molecular weight excluding hydrogens is 282 g/mol. The Labute approximate surface area is 110 Å². The highest BCUT2D eigenvalue weighted by Gasteiger charge is 2.18. The molecule has 0 aromatic heterocycles. The zero-order chi connectivity index (χ0) is 13.1. The van der Waals surface area contributed by atoms with Crippen molar-refractivity contribution in [2.75, 3.05) is 11.9 Å². The van der Waals surface area contributed by atoms with E-state index < -0.39 is 0 Å². The summed E-state index contributed by atoms with van der Waals surface area (Å²) < 4.78 is 0. The number of hydrogen-bond acceptors (Lipinski definition) is 2. The lowest BCUT2D eigenvalue weighted by Gasteiger charge is -2.22. The van der Waals surface area contributed by atoms with E-state index in [2.05, 4.69) is 35.1 Å². The minimum Gasteiger partial charge on any atom is -0.508 e. The highest BCUT2D eigenvalue weighted by atomic mass is 79.9. The summed E-state index contributed by atoms with van der Waals surface area (Å²) >= 11 is 3.41. The maximum atomic E-state index is 11.9. The highest BCUT2D eigenvalue weighted by Crippen LogP contribution is 2.20. The Morgan fingerprint density at radius 3 is 2.71 bits per heavy atom. The Morgan fingerprint density at radius 1 is 1.47 bits per heavy atom. The maximum absolute atomic E-state index is 11.9. The third-order valence-electron chi connectivity index (χ3n) is 2.64. The van der Waals surface area contributed by atoms with Gasteiger partial charge in [-0.3, -0.25) is 4.79 Å². The SMILES string of the molecule is Cc1c(O)cccc1C(=O)NCC(C)(C)CBr. The van der Waals surface area contributed by atoms with Crippen molar-refractivity contribution in [3.8, 4) is 5.75 Å². The van der Waals surface area contributed by atoms with Gasteiger partial charge < -0.3 is 10.4 Å². The first-order valence-electron chi connectivity index (χ1n) is 5.50. The molecule has 0 bridgehead atoms. The molecule has 0 saturated heterocycles. The predicted octanol–water partition coefficient (Wildman–Crippen LogP) is 2.85. The summed E-state index contributed by atoms with van der Waals surface area (Å²) in [6, 6.07) is 4.97. The number of carbonyl (C=O) groups is 1. The molecule has 1 rings (SSSR count). The van der Waals surface area contributed by atoms with Gasteiger partial charge in [-0.05, 0) is 24.5 Å². The van der Waals surface area contributed by atoms with E-state index >= 15 is 0 Å². The molecule has 0 spiro atoms. The van der Waals surface area contributed by atoms with Crippen molar-refractivity contribution in [1.82, 2.24) is 5.32 Å². The average molecular weight is 300 g/mol. The molecule has 17 heavy (non-hydrogen) atoms. The van der Waals surface area contributed by atoms with Crippen LogP contribution in [0.5, 0.6) is 5.75 Å². The van der Waals surface area contributed by atoms with E-state index in [0.717, 1.165) is 5.33 Å². The fourth-order valence-electron chi connectivity index (χ4n) is 1.33. The van der Waals surface area contributed by atoms with Crippen LogP contribution in [0.25, 0.3) is 0 Å². The van der Waals surface area contributed by atoms with Gasteiger partial charge in [-0.25, -0.2) is 0 Å². The van der Waals surface area contributed by atoms with Crippen LogP contribution in [0, 0.1) is 12.3 Å². The van der Waals surface area contributed by atoms with Crippen LogP contribution in [0.3, 0.4) is 0 Å². The Morgan fingerprint density at radius 2 is 2.12 bits per heavy atom. The summed E-state index contributed by atoms with van der Waals surface area (Å²) in [5.41, 5.74) is 1.15. The van der Waals surface area contributed by atoms with Gasteiger partial charge in [-0.15, -0.1) is 0 Å². The van der Waals surface area contributed by atoms with Crippen molar-refractivity contribution >= 4 is 21.8 Å². The molecule has 3 nitrogen and oxygen atoms in total. The highest BCUT2D eigenvalue weighted by molar-refractivity contribution is 9.09. The standard InChI is InChI=1S/C13H18BrNO2/c1-9-10(5-4-6-11(9)16)12(17)15-8-13(2,3)7-14/h4-6,16H,7-8H2,1-3H3,(H,15,17). The predicted molar refractivity (Wildman–Crippen MR) is 72.8 cm³/mol. The molecule has 0 aliphatic heterocycles. The van der Waals surface area contributed by atoms with Crippen LogP contribution < -0.4 is 5.32 Å². The number of phenols is 1. The van der Waals surface area contributed by atoms with E-state index in [1.807, 2.05) is 0 Å². The lowest BCUT2D eigenvalue weighted by molar-refractivity contribution is 0.0939. The number of carbonyl (C=O) groups excluding carboxylic acids is 1. The summed E-state index contributed by atoms with van der Waals surface area (Å²) in [5, 5.41) is 13.2. The largest absolute Gasteiger partial charge is 0.508 e. The molecule has 94 valence electrons. The lowest BCUT2D eigenvalue weighted by atomic mass is 9.96. The van der Waals surface area contributed by atoms with Crippen LogP contribution in [0.2, 0.25) is 0 Å². The molecule has 0 radical (unpaired) electrons. The molecular formula is C13H18BrNO2. The number of halogens is 1. The minimum absolute atomic E-state index is 0.0143. The summed E-state index contributed by atoms with van der Waals surface area (Å²) in [6.45, 7) is 6.46. The average Bonchev–Trinajstić information content (AvgIpc) is 2.30. The van der Waals surface area contributed by atoms with Crippen molar-refractivity contribution in [1.29, 1.82) is 0 Å². The van der Waals surface area contributed by atoms with Gasteiger partial charge in [0.1, 0.15) is 5.75 Å². The molecule has 0 aliphatic rings. The van der Waals surface area contributed by atoms with Gasteiger partial charge in [0.2, 0.25) is 0 Å². The lowest BCUT2D eigenvalue weighted by Crippen LogP contribution is -2.35. The van der Waals surface area contributed by atoms with Gasteiger partial charge in [0.15, 0.2) is 0 Å². The van der Waals surface area contributed by atoms with Gasteiger partial charge >= 0.3 is 0 Å². The van der Waals surface area contributed by atoms with Crippen LogP contribution in [0.4, 0.5) is 0 Å². The first kappa shape index (κ1) is 14.0. The number of benzene rings is 1. The summed E-state index contributed by atoms with van der Waals surface area (Å²) in [7, 11) is 0. The molecule has 0 heterocycles. The van der Waals surface area contributed by atoms with Crippen molar-refractivity contribution in [3.63, 3.8) is 0 Å². The molecule has 1 aromatic rings. The van der Waals surface area contributed by atoms with Crippen molar-refractivity contribution < 1.29 is 9.90 Å². The fraction of sp³-hybridized carbons (Fsp3) is 0.462. The monoisotopic (exact) mass is 299 g/mol. The first-order valence-corrected chi connectivity index (χ1v) is 6.62. The van der Waals surface area contributed by atoms with Crippen LogP contribution >= 0.6 is 15.9 Å². The molecule has 4 heteroatoms. The molecule has 1 amide bonds. The summed E-state index contributed by atoms with van der Waals surface area (Å²) in [4.78, 5) is 11.9.